The molecule has 0 spiro atoms. The van der Waals surface area contributed by atoms with Gasteiger partial charge >= 0.3 is 0 Å². The van der Waals surface area contributed by atoms with Gasteiger partial charge in [0, 0.05) is 25.2 Å². The summed E-state index contributed by atoms with van der Waals surface area (Å²) in [6.07, 6.45) is 1.55. The number of nitrogens with zero attached hydrogens (tertiary/aromatic N) is 2. The molecule has 1 aliphatic rings. The third-order valence-corrected chi connectivity index (χ3v) is 7.73. The molecule has 156 valence electrons. The van der Waals surface area contributed by atoms with E-state index in [0.717, 1.165) is 25.0 Å². The highest BCUT2D eigenvalue weighted by Gasteiger charge is 2.28. The Kier molecular flexibility index (Phi) is 5.78. The molecule has 3 rings (SSSR count). The number of methoxy groups -OCH3 is 1. The first kappa shape index (κ1) is 21.0. The van der Waals surface area contributed by atoms with Gasteiger partial charge in [-0.25, -0.2) is 16.8 Å². The van der Waals surface area contributed by atoms with Crippen LogP contribution in [0.25, 0.3) is 0 Å². The molecule has 12 heteroatoms. The SMILES string of the molecule is COc1ccc([N+](=O)[O-])cc1S(=O)(=O)Nc1cccc(S(=O)(=O)N2CCCC2)c1. The predicted octanol–water partition coefficient (Wildman–Crippen LogP) is 2.19. The van der Waals surface area contributed by atoms with Crippen molar-refractivity contribution >= 4 is 31.4 Å². The van der Waals surface area contributed by atoms with Crippen LogP contribution in [-0.4, -0.2) is 46.3 Å². The number of nitro benzene ring substituents is 1. The van der Waals surface area contributed by atoms with Gasteiger partial charge in [-0.2, -0.15) is 4.31 Å². The maximum atomic E-state index is 12.8. The highest BCUT2D eigenvalue weighted by Crippen LogP contribution is 2.30. The molecule has 1 heterocycles. The normalized spacial score (nSPS) is 15.2. The molecule has 29 heavy (non-hydrogen) atoms. The van der Waals surface area contributed by atoms with Crippen molar-refractivity contribution in [2.24, 2.45) is 0 Å². The van der Waals surface area contributed by atoms with E-state index < -0.39 is 35.6 Å². The number of nitrogens with one attached hydrogen (secondary N) is 1. The van der Waals surface area contributed by atoms with Gasteiger partial charge < -0.3 is 4.74 Å². The molecule has 0 saturated carbocycles. The number of non-ortho nitro benzene ring substituents is 1. The topological polar surface area (TPSA) is 136 Å². The summed E-state index contributed by atoms with van der Waals surface area (Å²) in [5.41, 5.74) is -0.407. The van der Waals surface area contributed by atoms with E-state index in [1.807, 2.05) is 0 Å². The molecule has 1 N–H and O–H groups in total. The fraction of sp³-hybridized carbons (Fsp3) is 0.294. The third kappa shape index (κ3) is 4.33. The second kappa shape index (κ2) is 7.97. The lowest BCUT2D eigenvalue weighted by atomic mass is 10.3. The Morgan fingerprint density at radius 3 is 2.38 bits per heavy atom. The van der Waals surface area contributed by atoms with Crippen molar-refractivity contribution in [3.05, 3.63) is 52.6 Å². The van der Waals surface area contributed by atoms with Crippen LogP contribution in [0.15, 0.2) is 52.3 Å². The summed E-state index contributed by atoms with van der Waals surface area (Å²) in [6.45, 7) is 0.840. The Bertz CT molecular complexity index is 1140. The van der Waals surface area contributed by atoms with E-state index in [-0.39, 0.29) is 16.3 Å². The Balaban J connectivity index is 1.96. The monoisotopic (exact) mass is 441 g/mol. The Morgan fingerprint density at radius 2 is 1.76 bits per heavy atom. The summed E-state index contributed by atoms with van der Waals surface area (Å²) in [5, 5.41) is 11.0. The lowest BCUT2D eigenvalue weighted by molar-refractivity contribution is -0.385. The zero-order chi connectivity index (χ0) is 21.2. The van der Waals surface area contributed by atoms with Crippen molar-refractivity contribution < 1.29 is 26.5 Å². The van der Waals surface area contributed by atoms with Gasteiger partial charge in [-0.15, -0.1) is 0 Å². The fourth-order valence-corrected chi connectivity index (χ4v) is 5.80. The van der Waals surface area contributed by atoms with E-state index in [1.165, 1.54) is 41.7 Å². The molecule has 0 radical (unpaired) electrons. The number of ether oxygens (including phenoxy) is 1. The lowest BCUT2D eigenvalue weighted by Crippen LogP contribution is -2.27. The number of rotatable bonds is 7. The van der Waals surface area contributed by atoms with Crippen molar-refractivity contribution in [1.29, 1.82) is 0 Å². The van der Waals surface area contributed by atoms with E-state index in [4.69, 9.17) is 4.74 Å². The van der Waals surface area contributed by atoms with Gasteiger partial charge in [0.1, 0.15) is 10.6 Å². The van der Waals surface area contributed by atoms with Crippen LogP contribution in [0.1, 0.15) is 12.8 Å². The minimum atomic E-state index is -4.28. The molecule has 0 amide bonds. The van der Waals surface area contributed by atoms with Gasteiger partial charge in [-0.05, 0) is 37.1 Å². The summed E-state index contributed by atoms with van der Waals surface area (Å²) < 4.78 is 59.6. The maximum absolute atomic E-state index is 12.8. The zero-order valence-corrected chi connectivity index (χ0v) is 17.1. The van der Waals surface area contributed by atoms with Crippen LogP contribution < -0.4 is 9.46 Å². The Morgan fingerprint density at radius 1 is 1.07 bits per heavy atom. The van der Waals surface area contributed by atoms with Crippen LogP contribution in [0.2, 0.25) is 0 Å². The molecule has 0 aromatic heterocycles. The maximum Gasteiger partial charge on any atom is 0.271 e. The number of sulfonamides is 2. The standard InChI is InChI=1S/C17H19N3O7S2/c1-27-16-8-7-14(20(21)22)12-17(16)28(23,24)18-13-5-4-6-15(11-13)29(25,26)19-9-2-3-10-19/h4-8,11-12,18H,2-3,9-10H2,1H3. The number of anilines is 1. The van der Waals surface area contributed by atoms with E-state index in [0.29, 0.717) is 13.1 Å². The first-order chi connectivity index (χ1) is 13.6. The summed E-state index contributed by atoms with van der Waals surface area (Å²) in [4.78, 5) is 9.81. The molecule has 1 saturated heterocycles. The van der Waals surface area contributed by atoms with Crippen molar-refractivity contribution in [1.82, 2.24) is 4.31 Å². The van der Waals surface area contributed by atoms with Crippen LogP contribution in [-0.2, 0) is 20.0 Å². The van der Waals surface area contributed by atoms with Crippen molar-refractivity contribution in [3.63, 3.8) is 0 Å². The van der Waals surface area contributed by atoms with Gasteiger partial charge in [-0.1, -0.05) is 6.07 Å². The van der Waals surface area contributed by atoms with E-state index in [2.05, 4.69) is 4.72 Å². The zero-order valence-electron chi connectivity index (χ0n) is 15.4. The van der Waals surface area contributed by atoms with E-state index in [1.54, 1.807) is 0 Å². The van der Waals surface area contributed by atoms with Crippen LogP contribution >= 0.6 is 0 Å². The summed E-state index contributed by atoms with van der Waals surface area (Å²) in [6, 6.07) is 8.61. The van der Waals surface area contributed by atoms with Gasteiger partial charge in [0.2, 0.25) is 10.0 Å². The Hall–Kier alpha value is -2.70. The van der Waals surface area contributed by atoms with Crippen molar-refractivity contribution in [3.8, 4) is 5.75 Å². The summed E-state index contributed by atoms with van der Waals surface area (Å²) in [5.74, 6) is -0.0797. The second-order valence-electron chi connectivity index (χ2n) is 6.34. The van der Waals surface area contributed by atoms with E-state index in [9.17, 15) is 26.9 Å². The number of hydrogen-bond acceptors (Lipinski definition) is 7. The fourth-order valence-electron chi connectivity index (χ4n) is 3.00. The van der Waals surface area contributed by atoms with Gasteiger partial charge in [-0.3, -0.25) is 14.8 Å². The van der Waals surface area contributed by atoms with Crippen LogP contribution in [0.3, 0.4) is 0 Å². The first-order valence-electron chi connectivity index (χ1n) is 8.60. The quantitative estimate of drug-likeness (QED) is 0.514. The molecule has 0 unspecified atom stereocenters. The van der Waals surface area contributed by atoms with Gasteiger partial charge in [0.25, 0.3) is 15.7 Å². The molecular formula is C17H19N3O7S2. The van der Waals surface area contributed by atoms with Crippen molar-refractivity contribution in [2.45, 2.75) is 22.6 Å². The molecule has 2 aromatic rings. The molecule has 1 fully saturated rings. The number of nitro groups is 1. The highest BCUT2D eigenvalue weighted by atomic mass is 32.2. The van der Waals surface area contributed by atoms with Crippen LogP contribution in [0.4, 0.5) is 11.4 Å². The molecule has 0 aliphatic carbocycles. The smallest absolute Gasteiger partial charge is 0.271 e. The van der Waals surface area contributed by atoms with Gasteiger partial charge in [0.05, 0.1) is 22.6 Å². The molecule has 10 nitrogen and oxygen atoms in total. The summed E-state index contributed by atoms with van der Waals surface area (Å²) in [7, 11) is -6.77. The largest absolute Gasteiger partial charge is 0.495 e. The third-order valence-electron chi connectivity index (χ3n) is 4.44. The molecular weight excluding hydrogens is 422 g/mol. The highest BCUT2D eigenvalue weighted by molar-refractivity contribution is 7.92. The number of hydrogen-bond donors (Lipinski definition) is 1. The second-order valence-corrected chi connectivity index (χ2v) is 9.93. The average molecular weight is 441 g/mol. The molecule has 0 atom stereocenters. The molecule has 0 bridgehead atoms. The molecule has 1 aliphatic heterocycles. The first-order valence-corrected chi connectivity index (χ1v) is 11.5. The van der Waals surface area contributed by atoms with Crippen molar-refractivity contribution in [2.75, 3.05) is 24.9 Å². The average Bonchev–Trinajstić information content (AvgIpc) is 3.23. The van der Waals surface area contributed by atoms with E-state index >= 15 is 0 Å². The molecule has 2 aromatic carbocycles. The lowest BCUT2D eigenvalue weighted by Gasteiger charge is -2.16. The van der Waals surface area contributed by atoms with Gasteiger partial charge in [0.15, 0.2) is 0 Å². The predicted molar refractivity (Wildman–Crippen MR) is 105 cm³/mol. The number of benzene rings is 2. The summed E-state index contributed by atoms with van der Waals surface area (Å²) >= 11 is 0. The van der Waals surface area contributed by atoms with Crippen LogP contribution in [0.5, 0.6) is 5.75 Å². The van der Waals surface area contributed by atoms with Crippen LogP contribution in [0, 0.1) is 10.1 Å². The minimum absolute atomic E-state index is 0.0128. The minimum Gasteiger partial charge on any atom is -0.495 e. The Labute approximate surface area is 168 Å².